The maximum Gasteiger partial charge on any atom is -0.0206 e. The van der Waals surface area contributed by atoms with Gasteiger partial charge in [-0.2, -0.15) is 0 Å². The molecule has 0 heterocycles. The molecule has 0 aliphatic heterocycles. The van der Waals surface area contributed by atoms with Crippen LogP contribution >= 0.6 is 0 Å². The van der Waals surface area contributed by atoms with Crippen LogP contribution in [0.3, 0.4) is 0 Å². The number of hydrogen-bond donors (Lipinski definition) is 0. The van der Waals surface area contributed by atoms with Crippen molar-refractivity contribution in [3.05, 3.63) is 11.6 Å². The van der Waals surface area contributed by atoms with Gasteiger partial charge in [0, 0.05) is 0 Å². The van der Waals surface area contributed by atoms with Gasteiger partial charge in [0.1, 0.15) is 0 Å². The van der Waals surface area contributed by atoms with Crippen LogP contribution in [0.15, 0.2) is 11.6 Å². The van der Waals surface area contributed by atoms with Gasteiger partial charge in [0.15, 0.2) is 0 Å². The monoisotopic (exact) mass is 124 g/mol. The summed E-state index contributed by atoms with van der Waals surface area (Å²) in [7, 11) is 0. The summed E-state index contributed by atoms with van der Waals surface area (Å²) in [6.07, 6.45) is 7.89. The summed E-state index contributed by atoms with van der Waals surface area (Å²) in [6.45, 7) is 4.46. The molecule has 1 fully saturated rings. The quantitative estimate of drug-likeness (QED) is 0.471. The Morgan fingerprint density at radius 3 is 2.89 bits per heavy atom. The fraction of sp³-hybridized carbons (Fsp3) is 0.778. The van der Waals surface area contributed by atoms with Gasteiger partial charge in [0.25, 0.3) is 0 Å². The lowest BCUT2D eigenvalue weighted by Gasteiger charge is -2.06. The number of rotatable bonds is 1. The van der Waals surface area contributed by atoms with Crippen LogP contribution in [-0.4, -0.2) is 0 Å². The average molecular weight is 124 g/mol. The second kappa shape index (κ2) is 3.05. The summed E-state index contributed by atoms with van der Waals surface area (Å²) in [4.78, 5) is 0. The molecule has 0 amide bonds. The van der Waals surface area contributed by atoms with Gasteiger partial charge in [0.2, 0.25) is 0 Å². The highest BCUT2D eigenvalue weighted by atomic mass is 14.2. The topological polar surface area (TPSA) is 0 Å². The molecular weight excluding hydrogens is 108 g/mol. The predicted molar refractivity (Wildman–Crippen MR) is 41.4 cm³/mol. The molecule has 1 atom stereocenters. The first-order valence-corrected chi connectivity index (χ1v) is 4.03. The molecule has 1 rings (SSSR count). The first kappa shape index (κ1) is 6.85. The van der Waals surface area contributed by atoms with Gasteiger partial charge in [-0.05, 0) is 38.5 Å². The minimum absolute atomic E-state index is 0.940. The third-order valence-electron chi connectivity index (χ3n) is 2.41. The van der Waals surface area contributed by atoms with Crippen molar-refractivity contribution >= 4 is 0 Å². The highest BCUT2D eigenvalue weighted by molar-refractivity contribution is 5.09. The smallest absolute Gasteiger partial charge is 0.0206 e. The molecule has 0 N–H and O–H groups in total. The van der Waals surface area contributed by atoms with Gasteiger partial charge in [-0.25, -0.2) is 0 Å². The van der Waals surface area contributed by atoms with Gasteiger partial charge in [-0.3, -0.25) is 0 Å². The molecule has 0 nitrogen and oxygen atoms in total. The van der Waals surface area contributed by atoms with E-state index in [0.29, 0.717) is 0 Å². The van der Waals surface area contributed by atoms with Crippen LogP contribution in [0, 0.1) is 5.92 Å². The Hall–Kier alpha value is -0.260. The predicted octanol–water partition coefficient (Wildman–Crippen LogP) is 3.14. The maximum atomic E-state index is 2.31. The zero-order valence-corrected chi connectivity index (χ0v) is 6.48. The second-order valence-electron chi connectivity index (χ2n) is 2.86. The van der Waals surface area contributed by atoms with Crippen molar-refractivity contribution in [1.82, 2.24) is 0 Å². The molecule has 0 aromatic heterocycles. The van der Waals surface area contributed by atoms with E-state index in [4.69, 9.17) is 0 Å². The SMILES string of the molecule is C/C=C1/CCC[C@H]1CC. The summed E-state index contributed by atoms with van der Waals surface area (Å²) < 4.78 is 0. The molecule has 0 aromatic carbocycles. The highest BCUT2D eigenvalue weighted by Gasteiger charge is 2.17. The molecule has 52 valence electrons. The van der Waals surface area contributed by atoms with Crippen LogP contribution in [0.4, 0.5) is 0 Å². The molecular formula is C9H16. The van der Waals surface area contributed by atoms with Crippen molar-refractivity contribution in [2.75, 3.05) is 0 Å². The largest absolute Gasteiger partial charge is 0.0882 e. The normalized spacial score (nSPS) is 31.8. The Labute approximate surface area is 58.0 Å². The second-order valence-corrected chi connectivity index (χ2v) is 2.86. The maximum absolute atomic E-state index is 2.31. The van der Waals surface area contributed by atoms with E-state index in [9.17, 15) is 0 Å². The Morgan fingerprint density at radius 1 is 1.67 bits per heavy atom. The molecule has 0 heteroatoms. The lowest BCUT2D eigenvalue weighted by Crippen LogP contribution is -1.92. The molecule has 0 spiro atoms. The molecule has 0 bridgehead atoms. The van der Waals surface area contributed by atoms with Crippen LogP contribution in [0.25, 0.3) is 0 Å². The van der Waals surface area contributed by atoms with Crippen LogP contribution < -0.4 is 0 Å². The lowest BCUT2D eigenvalue weighted by atomic mass is 10.0. The average Bonchev–Trinajstić information content (AvgIpc) is 2.33. The molecule has 1 saturated carbocycles. The van der Waals surface area contributed by atoms with Gasteiger partial charge in [-0.15, -0.1) is 0 Å². The van der Waals surface area contributed by atoms with E-state index < -0.39 is 0 Å². The first-order chi connectivity index (χ1) is 4.38. The fourth-order valence-electron chi connectivity index (χ4n) is 1.79. The van der Waals surface area contributed by atoms with E-state index in [2.05, 4.69) is 19.9 Å². The molecule has 0 unspecified atom stereocenters. The third-order valence-corrected chi connectivity index (χ3v) is 2.41. The minimum Gasteiger partial charge on any atom is -0.0882 e. The first-order valence-electron chi connectivity index (χ1n) is 4.03. The Kier molecular flexibility index (Phi) is 2.32. The van der Waals surface area contributed by atoms with E-state index in [1.807, 2.05) is 0 Å². The van der Waals surface area contributed by atoms with Crippen molar-refractivity contribution in [3.8, 4) is 0 Å². The molecule has 0 radical (unpaired) electrons. The van der Waals surface area contributed by atoms with Crippen molar-refractivity contribution in [2.24, 2.45) is 5.92 Å². The van der Waals surface area contributed by atoms with Crippen molar-refractivity contribution in [3.63, 3.8) is 0 Å². The van der Waals surface area contributed by atoms with Crippen LogP contribution in [0.1, 0.15) is 39.5 Å². The van der Waals surface area contributed by atoms with E-state index in [1.165, 1.54) is 25.7 Å². The van der Waals surface area contributed by atoms with Gasteiger partial charge in [-0.1, -0.05) is 18.6 Å². The molecule has 1 aliphatic rings. The van der Waals surface area contributed by atoms with Crippen LogP contribution in [-0.2, 0) is 0 Å². The standard InChI is InChI=1S/C9H16/c1-3-8-6-5-7-9(8)4-2/h3,9H,4-7H2,1-2H3/b8-3-/t9-/m1/s1. The van der Waals surface area contributed by atoms with E-state index in [-0.39, 0.29) is 0 Å². The zero-order valence-electron chi connectivity index (χ0n) is 6.48. The summed E-state index contributed by atoms with van der Waals surface area (Å²) >= 11 is 0. The third kappa shape index (κ3) is 1.35. The number of hydrogen-bond acceptors (Lipinski definition) is 0. The van der Waals surface area contributed by atoms with Crippen LogP contribution in [0.5, 0.6) is 0 Å². The molecule has 1 aliphatic carbocycles. The van der Waals surface area contributed by atoms with E-state index >= 15 is 0 Å². The number of allylic oxidation sites excluding steroid dienone is 2. The minimum atomic E-state index is 0.940. The van der Waals surface area contributed by atoms with Crippen LogP contribution in [0.2, 0.25) is 0 Å². The molecule has 0 aromatic rings. The Balaban J connectivity index is 2.52. The van der Waals surface area contributed by atoms with Gasteiger partial charge >= 0.3 is 0 Å². The van der Waals surface area contributed by atoms with Gasteiger partial charge in [0.05, 0.1) is 0 Å². The van der Waals surface area contributed by atoms with Crippen molar-refractivity contribution in [1.29, 1.82) is 0 Å². The van der Waals surface area contributed by atoms with Crippen molar-refractivity contribution < 1.29 is 0 Å². The summed E-state index contributed by atoms with van der Waals surface area (Å²) in [5, 5.41) is 0. The molecule has 0 saturated heterocycles. The molecule has 9 heavy (non-hydrogen) atoms. The Bertz CT molecular complexity index is 111. The summed E-state index contributed by atoms with van der Waals surface area (Å²) in [5.41, 5.74) is 1.71. The zero-order chi connectivity index (χ0) is 6.69. The lowest BCUT2D eigenvalue weighted by molar-refractivity contribution is 0.605. The van der Waals surface area contributed by atoms with Gasteiger partial charge < -0.3 is 0 Å². The fourth-order valence-corrected chi connectivity index (χ4v) is 1.79. The summed E-state index contributed by atoms with van der Waals surface area (Å²) in [6, 6.07) is 0. The Morgan fingerprint density at radius 2 is 2.44 bits per heavy atom. The van der Waals surface area contributed by atoms with E-state index in [0.717, 1.165) is 5.92 Å². The highest BCUT2D eigenvalue weighted by Crippen LogP contribution is 2.32. The van der Waals surface area contributed by atoms with Crippen molar-refractivity contribution in [2.45, 2.75) is 39.5 Å². The van der Waals surface area contributed by atoms with E-state index in [1.54, 1.807) is 5.57 Å². The summed E-state index contributed by atoms with van der Waals surface area (Å²) in [5.74, 6) is 0.940.